The Morgan fingerprint density at radius 1 is 1.15 bits per heavy atom. The summed E-state index contributed by atoms with van der Waals surface area (Å²) < 4.78 is 0. The lowest BCUT2D eigenvalue weighted by Gasteiger charge is -2.50. The fourth-order valence-electron chi connectivity index (χ4n) is 2.99. The first-order chi connectivity index (χ1) is 5.99. The van der Waals surface area contributed by atoms with Gasteiger partial charge in [0.25, 0.3) is 0 Å². The lowest BCUT2D eigenvalue weighted by atomic mass is 9.55. The standard InChI is InChI=1S/C13H26/c1-6-13(7-10(2)3)8-12(9-13)11(4)5/h10-12H,6-9H2,1-5H3. The molecule has 0 aromatic heterocycles. The molecule has 0 heteroatoms. The van der Waals surface area contributed by atoms with Crippen LogP contribution in [0.1, 0.15) is 60.3 Å². The van der Waals surface area contributed by atoms with Crippen LogP contribution in [0.4, 0.5) is 0 Å². The van der Waals surface area contributed by atoms with Crippen LogP contribution in [0.25, 0.3) is 0 Å². The van der Waals surface area contributed by atoms with Crippen LogP contribution in [-0.2, 0) is 0 Å². The predicted molar refractivity (Wildman–Crippen MR) is 59.7 cm³/mol. The summed E-state index contributed by atoms with van der Waals surface area (Å²) >= 11 is 0. The van der Waals surface area contributed by atoms with Crippen molar-refractivity contribution in [2.24, 2.45) is 23.2 Å². The van der Waals surface area contributed by atoms with E-state index in [0.717, 1.165) is 23.2 Å². The van der Waals surface area contributed by atoms with Crippen LogP contribution >= 0.6 is 0 Å². The average molecular weight is 182 g/mol. The first kappa shape index (κ1) is 11.1. The molecule has 0 radical (unpaired) electrons. The van der Waals surface area contributed by atoms with E-state index in [4.69, 9.17) is 0 Å². The highest BCUT2D eigenvalue weighted by Crippen LogP contribution is 2.54. The monoisotopic (exact) mass is 182 g/mol. The zero-order chi connectivity index (χ0) is 10.1. The SMILES string of the molecule is CCC1(CC(C)C)CC(C(C)C)C1. The maximum absolute atomic E-state index is 2.37. The van der Waals surface area contributed by atoms with E-state index in [1.54, 1.807) is 0 Å². The molecule has 0 heterocycles. The van der Waals surface area contributed by atoms with Gasteiger partial charge in [-0.1, -0.05) is 41.0 Å². The molecule has 0 nitrogen and oxygen atoms in total. The molecule has 0 saturated heterocycles. The van der Waals surface area contributed by atoms with Crippen LogP contribution in [0.3, 0.4) is 0 Å². The van der Waals surface area contributed by atoms with Crippen LogP contribution < -0.4 is 0 Å². The zero-order valence-electron chi connectivity index (χ0n) is 10.1. The average Bonchev–Trinajstić information content (AvgIpc) is 1.94. The second-order valence-corrected chi connectivity index (χ2v) is 5.86. The van der Waals surface area contributed by atoms with Crippen molar-refractivity contribution in [1.29, 1.82) is 0 Å². The van der Waals surface area contributed by atoms with Crippen molar-refractivity contribution < 1.29 is 0 Å². The number of hydrogen-bond acceptors (Lipinski definition) is 0. The lowest BCUT2D eigenvalue weighted by Crippen LogP contribution is -2.40. The van der Waals surface area contributed by atoms with Crippen LogP contribution in [0.15, 0.2) is 0 Å². The van der Waals surface area contributed by atoms with Gasteiger partial charge in [0, 0.05) is 0 Å². The number of hydrogen-bond donors (Lipinski definition) is 0. The fraction of sp³-hybridized carbons (Fsp3) is 1.00. The van der Waals surface area contributed by atoms with Crippen molar-refractivity contribution in [1.82, 2.24) is 0 Å². The van der Waals surface area contributed by atoms with Gasteiger partial charge in [0.05, 0.1) is 0 Å². The summed E-state index contributed by atoms with van der Waals surface area (Å²) in [5, 5.41) is 0. The first-order valence-electron chi connectivity index (χ1n) is 5.99. The first-order valence-corrected chi connectivity index (χ1v) is 5.99. The molecule has 0 amide bonds. The Bertz CT molecular complexity index is 149. The second kappa shape index (κ2) is 4.02. The molecule has 0 spiro atoms. The van der Waals surface area contributed by atoms with Gasteiger partial charge in [-0.05, 0) is 42.4 Å². The molecule has 0 aromatic carbocycles. The van der Waals surface area contributed by atoms with Crippen molar-refractivity contribution >= 4 is 0 Å². The molecule has 1 rings (SSSR count). The molecule has 1 aliphatic carbocycles. The summed E-state index contributed by atoms with van der Waals surface area (Å²) in [6.45, 7) is 11.8. The lowest BCUT2D eigenvalue weighted by molar-refractivity contribution is 0.00291. The molecule has 13 heavy (non-hydrogen) atoms. The third-order valence-corrected chi connectivity index (χ3v) is 3.92. The number of rotatable bonds is 4. The maximum atomic E-state index is 2.37. The van der Waals surface area contributed by atoms with Crippen LogP contribution in [-0.4, -0.2) is 0 Å². The Balaban J connectivity index is 2.40. The molecule has 0 N–H and O–H groups in total. The van der Waals surface area contributed by atoms with Gasteiger partial charge in [0.1, 0.15) is 0 Å². The van der Waals surface area contributed by atoms with Crippen molar-refractivity contribution in [2.45, 2.75) is 60.3 Å². The van der Waals surface area contributed by atoms with Gasteiger partial charge in [0.2, 0.25) is 0 Å². The third kappa shape index (κ3) is 2.48. The molecular weight excluding hydrogens is 156 g/mol. The van der Waals surface area contributed by atoms with Crippen LogP contribution in [0.5, 0.6) is 0 Å². The summed E-state index contributed by atoms with van der Waals surface area (Å²) in [7, 11) is 0. The minimum absolute atomic E-state index is 0.739. The molecule has 1 fully saturated rings. The molecule has 0 bridgehead atoms. The van der Waals surface area contributed by atoms with E-state index < -0.39 is 0 Å². The van der Waals surface area contributed by atoms with Gasteiger partial charge in [-0.15, -0.1) is 0 Å². The minimum Gasteiger partial charge on any atom is -0.0649 e. The van der Waals surface area contributed by atoms with Gasteiger partial charge in [-0.2, -0.15) is 0 Å². The Kier molecular flexibility index (Phi) is 3.43. The third-order valence-electron chi connectivity index (χ3n) is 3.92. The van der Waals surface area contributed by atoms with E-state index in [9.17, 15) is 0 Å². The maximum Gasteiger partial charge on any atom is -0.0292 e. The van der Waals surface area contributed by atoms with Gasteiger partial charge < -0.3 is 0 Å². The highest BCUT2D eigenvalue weighted by molar-refractivity contribution is 4.94. The Morgan fingerprint density at radius 2 is 1.69 bits per heavy atom. The van der Waals surface area contributed by atoms with Crippen molar-refractivity contribution in [3.63, 3.8) is 0 Å². The van der Waals surface area contributed by atoms with Gasteiger partial charge in [-0.25, -0.2) is 0 Å². The minimum atomic E-state index is 0.739. The van der Waals surface area contributed by atoms with E-state index in [-0.39, 0.29) is 0 Å². The quantitative estimate of drug-likeness (QED) is 0.600. The smallest absolute Gasteiger partial charge is 0.0292 e. The summed E-state index contributed by atoms with van der Waals surface area (Å²) in [4.78, 5) is 0. The molecule has 0 unspecified atom stereocenters. The van der Waals surface area contributed by atoms with Gasteiger partial charge in [0.15, 0.2) is 0 Å². The normalized spacial score (nSPS) is 33.9. The van der Waals surface area contributed by atoms with E-state index in [1.165, 1.54) is 25.7 Å². The van der Waals surface area contributed by atoms with Crippen LogP contribution in [0, 0.1) is 23.2 Å². The van der Waals surface area contributed by atoms with Gasteiger partial charge >= 0.3 is 0 Å². The van der Waals surface area contributed by atoms with Crippen LogP contribution in [0.2, 0.25) is 0 Å². The molecule has 1 aliphatic rings. The molecule has 78 valence electrons. The van der Waals surface area contributed by atoms with E-state index in [2.05, 4.69) is 34.6 Å². The van der Waals surface area contributed by atoms with E-state index in [1.807, 2.05) is 0 Å². The summed E-state index contributed by atoms with van der Waals surface area (Å²) in [6, 6.07) is 0. The zero-order valence-corrected chi connectivity index (χ0v) is 10.1. The molecule has 0 atom stereocenters. The highest BCUT2D eigenvalue weighted by atomic mass is 14.5. The predicted octanol–water partition coefficient (Wildman–Crippen LogP) is 4.49. The molecule has 1 saturated carbocycles. The van der Waals surface area contributed by atoms with Crippen molar-refractivity contribution in [3.05, 3.63) is 0 Å². The summed E-state index contributed by atoms with van der Waals surface area (Å²) in [5.41, 5.74) is 0.739. The second-order valence-electron chi connectivity index (χ2n) is 5.86. The topological polar surface area (TPSA) is 0 Å². The highest BCUT2D eigenvalue weighted by Gasteiger charge is 2.43. The Morgan fingerprint density at radius 3 is 2.00 bits per heavy atom. The molecule has 0 aliphatic heterocycles. The van der Waals surface area contributed by atoms with Gasteiger partial charge in [-0.3, -0.25) is 0 Å². The van der Waals surface area contributed by atoms with Crippen molar-refractivity contribution in [2.75, 3.05) is 0 Å². The largest absolute Gasteiger partial charge is 0.0649 e. The summed E-state index contributed by atoms with van der Waals surface area (Å²) in [6.07, 6.45) is 5.85. The Hall–Kier alpha value is 0. The Labute approximate surface area is 84.1 Å². The summed E-state index contributed by atoms with van der Waals surface area (Å²) in [5.74, 6) is 2.82. The molecular formula is C13H26. The fourth-order valence-corrected chi connectivity index (χ4v) is 2.99. The molecule has 0 aromatic rings. The van der Waals surface area contributed by atoms with E-state index >= 15 is 0 Å². The van der Waals surface area contributed by atoms with E-state index in [0.29, 0.717) is 0 Å². The van der Waals surface area contributed by atoms with Crippen molar-refractivity contribution in [3.8, 4) is 0 Å².